The number of hydrogen-bond donors (Lipinski definition) is 2. The maximum atomic E-state index is 11.5. The zero-order valence-corrected chi connectivity index (χ0v) is 17.8. The van der Waals surface area contributed by atoms with Gasteiger partial charge in [-0.15, -0.1) is 0 Å². The van der Waals surface area contributed by atoms with Crippen molar-refractivity contribution in [2.75, 3.05) is 0 Å². The fourth-order valence-corrected chi connectivity index (χ4v) is 5.31. The number of aromatic nitrogens is 2. The topological polar surface area (TPSA) is 70.4 Å². The minimum absolute atomic E-state index is 0.0333. The number of nitrogens with zero attached hydrogens (tertiary/aromatic N) is 3. The van der Waals surface area contributed by atoms with Gasteiger partial charge >= 0.3 is 5.97 Å². The number of aromatic carboxylic acids is 1. The third kappa shape index (κ3) is 3.59. The number of benzene rings is 1. The number of carbonyl (C=O) groups is 1. The zero-order chi connectivity index (χ0) is 21.4. The Balaban J connectivity index is 1.62. The molecule has 2 fully saturated rings. The molecule has 0 bridgehead atoms. The van der Waals surface area contributed by atoms with Crippen molar-refractivity contribution in [2.45, 2.75) is 43.8 Å². The van der Waals surface area contributed by atoms with Crippen LogP contribution < -0.4 is 5.32 Å². The molecule has 5 rings (SSSR count). The van der Waals surface area contributed by atoms with E-state index in [0.717, 1.165) is 35.0 Å². The van der Waals surface area contributed by atoms with E-state index in [4.69, 9.17) is 12.2 Å². The Morgan fingerprint density at radius 3 is 2.68 bits per heavy atom. The molecular weight excluding hydrogens is 408 g/mol. The van der Waals surface area contributed by atoms with Gasteiger partial charge in [-0.2, -0.15) is 0 Å². The third-order valence-electron chi connectivity index (χ3n) is 6.31. The first-order chi connectivity index (χ1) is 15.1. The maximum Gasteiger partial charge on any atom is 0.335 e. The van der Waals surface area contributed by atoms with Gasteiger partial charge in [-0.1, -0.05) is 25.0 Å². The average molecular weight is 433 g/mol. The summed E-state index contributed by atoms with van der Waals surface area (Å²) in [5.74, 6) is -0.932. The van der Waals surface area contributed by atoms with Gasteiger partial charge in [0.25, 0.3) is 0 Å². The van der Waals surface area contributed by atoms with Crippen molar-refractivity contribution in [2.24, 2.45) is 0 Å². The molecule has 0 radical (unpaired) electrons. The van der Waals surface area contributed by atoms with E-state index >= 15 is 0 Å². The van der Waals surface area contributed by atoms with Crippen LogP contribution in [0.25, 0.3) is 5.69 Å². The summed E-state index contributed by atoms with van der Waals surface area (Å²) >= 11 is 5.82. The lowest BCUT2D eigenvalue weighted by atomic mass is 9.99. The number of carboxylic acid groups (broad SMARTS) is 1. The molecule has 1 saturated heterocycles. The quantitative estimate of drug-likeness (QED) is 0.579. The van der Waals surface area contributed by atoms with Crippen LogP contribution in [0.15, 0.2) is 67.0 Å². The SMILES string of the molecule is O=C(O)c1cccc(-n2cccc2[C@@H]2[C@H](c3ccccn3)NC(=S)N2C2CCCC2)c1. The van der Waals surface area contributed by atoms with Gasteiger partial charge in [0.2, 0.25) is 0 Å². The highest BCUT2D eigenvalue weighted by Gasteiger charge is 2.44. The van der Waals surface area contributed by atoms with E-state index in [1.165, 1.54) is 12.8 Å². The molecule has 3 aromatic rings. The molecule has 1 aromatic carbocycles. The molecule has 1 aliphatic heterocycles. The van der Waals surface area contributed by atoms with Gasteiger partial charge in [0, 0.05) is 29.8 Å². The number of thiocarbonyl (C=S) groups is 1. The smallest absolute Gasteiger partial charge is 0.335 e. The first-order valence-electron chi connectivity index (χ1n) is 10.6. The Kier molecular flexibility index (Phi) is 5.19. The molecule has 7 heteroatoms. The van der Waals surface area contributed by atoms with E-state index in [2.05, 4.69) is 25.8 Å². The minimum atomic E-state index is -0.932. The molecule has 2 aliphatic rings. The molecule has 31 heavy (non-hydrogen) atoms. The molecule has 0 spiro atoms. The molecule has 3 heterocycles. The summed E-state index contributed by atoms with van der Waals surface area (Å²) in [6.45, 7) is 0. The molecule has 2 N–H and O–H groups in total. The minimum Gasteiger partial charge on any atom is -0.478 e. The summed E-state index contributed by atoms with van der Waals surface area (Å²) in [4.78, 5) is 18.5. The monoisotopic (exact) mass is 432 g/mol. The highest BCUT2D eigenvalue weighted by atomic mass is 32.1. The lowest BCUT2D eigenvalue weighted by Gasteiger charge is -2.33. The van der Waals surface area contributed by atoms with Gasteiger partial charge in [0.05, 0.1) is 23.3 Å². The van der Waals surface area contributed by atoms with E-state index in [0.29, 0.717) is 6.04 Å². The van der Waals surface area contributed by atoms with Crippen LogP contribution in [-0.4, -0.2) is 36.7 Å². The lowest BCUT2D eigenvalue weighted by Crippen LogP contribution is -2.38. The molecule has 2 atom stereocenters. The van der Waals surface area contributed by atoms with Crippen LogP contribution in [0.1, 0.15) is 59.5 Å². The molecule has 1 saturated carbocycles. The first kappa shape index (κ1) is 19.8. The Morgan fingerprint density at radius 2 is 1.94 bits per heavy atom. The Hall–Kier alpha value is -3.19. The highest BCUT2D eigenvalue weighted by Crippen LogP contribution is 2.43. The van der Waals surface area contributed by atoms with Gasteiger partial charge in [0.15, 0.2) is 5.11 Å². The van der Waals surface area contributed by atoms with E-state index in [1.54, 1.807) is 18.2 Å². The van der Waals surface area contributed by atoms with Crippen molar-refractivity contribution in [1.29, 1.82) is 0 Å². The number of hydrogen-bond acceptors (Lipinski definition) is 3. The van der Waals surface area contributed by atoms with Gasteiger partial charge in [-0.3, -0.25) is 4.98 Å². The summed E-state index contributed by atoms with van der Waals surface area (Å²) < 4.78 is 2.07. The molecule has 1 aliphatic carbocycles. The second-order valence-electron chi connectivity index (χ2n) is 8.13. The van der Waals surface area contributed by atoms with Crippen molar-refractivity contribution in [3.05, 3.63) is 83.9 Å². The molecule has 158 valence electrons. The van der Waals surface area contributed by atoms with Gasteiger partial charge in [0.1, 0.15) is 0 Å². The van der Waals surface area contributed by atoms with Crippen molar-refractivity contribution in [1.82, 2.24) is 19.8 Å². The summed E-state index contributed by atoms with van der Waals surface area (Å²) in [5, 5.41) is 13.7. The first-order valence-corrected chi connectivity index (χ1v) is 11.0. The van der Waals surface area contributed by atoms with Crippen molar-refractivity contribution in [3.63, 3.8) is 0 Å². The summed E-state index contributed by atoms with van der Waals surface area (Å²) in [6, 6.07) is 17.4. The van der Waals surface area contributed by atoms with Crippen LogP contribution in [0.4, 0.5) is 0 Å². The normalized spacial score (nSPS) is 21.4. The standard InChI is InChI=1S/C24H24N4O2S/c29-23(30)16-7-5-10-18(15-16)27-14-6-12-20(27)22-21(19-11-3-4-13-25-19)26-24(31)28(22)17-8-1-2-9-17/h3-7,10-15,17,21-22H,1-2,8-9H2,(H,26,31)(H,29,30)/t21-,22+/m0/s1. The van der Waals surface area contributed by atoms with Gasteiger partial charge in [-0.05, 0) is 67.5 Å². The predicted molar refractivity (Wildman–Crippen MR) is 122 cm³/mol. The fourth-order valence-electron chi connectivity index (χ4n) is 4.92. The van der Waals surface area contributed by atoms with Crippen molar-refractivity contribution < 1.29 is 9.90 Å². The number of pyridine rings is 1. The molecule has 0 amide bonds. The Morgan fingerprint density at radius 1 is 1.10 bits per heavy atom. The lowest BCUT2D eigenvalue weighted by molar-refractivity contribution is 0.0697. The van der Waals surface area contributed by atoms with Gasteiger partial charge < -0.3 is 19.9 Å². The molecule has 0 unspecified atom stereocenters. The molecule has 6 nitrogen and oxygen atoms in total. The van der Waals surface area contributed by atoms with Crippen LogP contribution >= 0.6 is 12.2 Å². The van der Waals surface area contributed by atoms with Crippen LogP contribution in [0.5, 0.6) is 0 Å². The number of carboxylic acids is 1. The maximum absolute atomic E-state index is 11.5. The van der Waals surface area contributed by atoms with Crippen LogP contribution in [0, 0.1) is 0 Å². The van der Waals surface area contributed by atoms with Crippen molar-refractivity contribution >= 4 is 23.3 Å². The average Bonchev–Trinajstić information content (AvgIpc) is 3.53. The fraction of sp³-hybridized carbons (Fsp3) is 0.292. The Labute approximate surface area is 186 Å². The van der Waals surface area contributed by atoms with E-state index in [9.17, 15) is 9.90 Å². The van der Waals surface area contributed by atoms with E-state index in [-0.39, 0.29) is 17.6 Å². The second kappa shape index (κ2) is 8.15. The molecule has 2 aromatic heterocycles. The largest absolute Gasteiger partial charge is 0.478 e. The number of nitrogens with one attached hydrogen (secondary N) is 1. The predicted octanol–water partition coefficient (Wildman–Crippen LogP) is 4.49. The second-order valence-corrected chi connectivity index (χ2v) is 8.52. The van der Waals surface area contributed by atoms with Crippen LogP contribution in [-0.2, 0) is 0 Å². The van der Waals surface area contributed by atoms with Gasteiger partial charge in [-0.25, -0.2) is 4.79 Å². The number of rotatable bonds is 5. The van der Waals surface area contributed by atoms with E-state index in [1.807, 2.05) is 42.7 Å². The van der Waals surface area contributed by atoms with Crippen LogP contribution in [0.3, 0.4) is 0 Å². The van der Waals surface area contributed by atoms with Crippen molar-refractivity contribution in [3.8, 4) is 5.69 Å². The van der Waals surface area contributed by atoms with Crippen LogP contribution in [0.2, 0.25) is 0 Å². The summed E-state index contributed by atoms with van der Waals surface area (Å²) in [5.41, 5.74) is 3.11. The molecular formula is C24H24N4O2S. The zero-order valence-electron chi connectivity index (χ0n) is 17.0. The van der Waals surface area contributed by atoms with E-state index < -0.39 is 5.97 Å². The highest BCUT2D eigenvalue weighted by molar-refractivity contribution is 7.80. The Bertz CT molecular complexity index is 1110. The third-order valence-corrected chi connectivity index (χ3v) is 6.64. The summed E-state index contributed by atoms with van der Waals surface area (Å²) in [7, 11) is 0. The summed E-state index contributed by atoms with van der Waals surface area (Å²) in [6.07, 6.45) is 8.48.